The largest absolute Gasteiger partial charge is 0.396 e. The van der Waals surface area contributed by atoms with Crippen molar-refractivity contribution in [2.24, 2.45) is 5.41 Å². The molecule has 21 heavy (non-hydrogen) atoms. The highest BCUT2D eigenvalue weighted by atomic mass is 35.5. The summed E-state index contributed by atoms with van der Waals surface area (Å²) in [5.74, 6) is 0. The number of halogens is 1. The summed E-state index contributed by atoms with van der Waals surface area (Å²) in [5.41, 5.74) is 0.983. The van der Waals surface area contributed by atoms with E-state index in [9.17, 15) is 4.79 Å². The second-order valence-corrected chi connectivity index (χ2v) is 6.78. The summed E-state index contributed by atoms with van der Waals surface area (Å²) in [6, 6.07) is 7.32. The first-order valence-corrected chi connectivity index (χ1v) is 7.58. The van der Waals surface area contributed by atoms with E-state index in [-0.39, 0.29) is 18.1 Å². The number of nitrogens with one attached hydrogen (secondary N) is 1. The van der Waals surface area contributed by atoms with Gasteiger partial charge in [0.1, 0.15) is 0 Å². The molecule has 5 heteroatoms. The summed E-state index contributed by atoms with van der Waals surface area (Å²) in [5, 5.41) is 12.5. The molecule has 0 spiro atoms. The van der Waals surface area contributed by atoms with Gasteiger partial charge in [-0.15, -0.1) is 0 Å². The van der Waals surface area contributed by atoms with Crippen LogP contribution in [0.4, 0.5) is 4.79 Å². The SMILES string of the molecule is CC(C)(C)CN(CCCO)C(=O)NCc1cccc(Cl)c1. The first kappa shape index (κ1) is 17.8. The van der Waals surface area contributed by atoms with E-state index in [1.54, 1.807) is 11.0 Å². The van der Waals surface area contributed by atoms with Crippen molar-refractivity contribution in [3.05, 3.63) is 34.9 Å². The Morgan fingerprint density at radius 1 is 1.38 bits per heavy atom. The van der Waals surface area contributed by atoms with Gasteiger partial charge in [-0.1, -0.05) is 44.5 Å². The van der Waals surface area contributed by atoms with E-state index in [4.69, 9.17) is 16.7 Å². The topological polar surface area (TPSA) is 52.6 Å². The second kappa shape index (κ2) is 8.25. The number of benzene rings is 1. The Bertz CT molecular complexity index is 458. The van der Waals surface area contributed by atoms with Gasteiger partial charge in [-0.3, -0.25) is 0 Å². The number of carbonyl (C=O) groups excluding carboxylic acids is 1. The van der Waals surface area contributed by atoms with Crippen LogP contribution in [0.3, 0.4) is 0 Å². The number of hydrogen-bond acceptors (Lipinski definition) is 2. The summed E-state index contributed by atoms with van der Waals surface area (Å²) in [4.78, 5) is 14.0. The molecular formula is C16H25ClN2O2. The van der Waals surface area contributed by atoms with E-state index < -0.39 is 0 Å². The van der Waals surface area contributed by atoms with Crippen LogP contribution in [-0.4, -0.2) is 35.7 Å². The lowest BCUT2D eigenvalue weighted by Gasteiger charge is -2.30. The zero-order valence-corrected chi connectivity index (χ0v) is 13.8. The van der Waals surface area contributed by atoms with Crippen LogP contribution in [0.2, 0.25) is 5.02 Å². The van der Waals surface area contributed by atoms with Gasteiger partial charge in [-0.25, -0.2) is 4.79 Å². The maximum Gasteiger partial charge on any atom is 0.317 e. The highest BCUT2D eigenvalue weighted by Gasteiger charge is 2.20. The summed E-state index contributed by atoms with van der Waals surface area (Å²) in [6.45, 7) is 7.99. The first-order chi connectivity index (χ1) is 9.81. The summed E-state index contributed by atoms with van der Waals surface area (Å²) in [6.07, 6.45) is 0.584. The van der Waals surface area contributed by atoms with Gasteiger partial charge in [0.25, 0.3) is 0 Å². The molecule has 1 rings (SSSR count). The van der Waals surface area contributed by atoms with Crippen molar-refractivity contribution in [3.8, 4) is 0 Å². The number of urea groups is 1. The number of aliphatic hydroxyl groups is 1. The first-order valence-electron chi connectivity index (χ1n) is 7.20. The van der Waals surface area contributed by atoms with Gasteiger partial charge in [0.05, 0.1) is 0 Å². The number of carbonyl (C=O) groups is 1. The van der Waals surface area contributed by atoms with Gasteiger partial charge < -0.3 is 15.3 Å². The van der Waals surface area contributed by atoms with Crippen LogP contribution < -0.4 is 5.32 Å². The lowest BCUT2D eigenvalue weighted by atomic mass is 9.96. The van der Waals surface area contributed by atoms with Gasteiger partial charge in [0.15, 0.2) is 0 Å². The van der Waals surface area contributed by atoms with Crippen molar-refractivity contribution in [2.75, 3.05) is 19.7 Å². The monoisotopic (exact) mass is 312 g/mol. The van der Waals surface area contributed by atoms with Crippen molar-refractivity contribution in [3.63, 3.8) is 0 Å². The van der Waals surface area contributed by atoms with Crippen molar-refractivity contribution in [2.45, 2.75) is 33.7 Å². The van der Waals surface area contributed by atoms with Crippen LogP contribution in [0.5, 0.6) is 0 Å². The van der Waals surface area contributed by atoms with Gasteiger partial charge in [-0.2, -0.15) is 0 Å². The standard InChI is InChI=1S/C16H25ClN2O2/c1-16(2,3)12-19(8-5-9-20)15(21)18-11-13-6-4-7-14(17)10-13/h4,6-7,10,20H,5,8-9,11-12H2,1-3H3,(H,18,21). The van der Waals surface area contributed by atoms with Crippen LogP contribution in [-0.2, 0) is 6.54 Å². The van der Waals surface area contributed by atoms with Gasteiger partial charge in [0, 0.05) is 31.3 Å². The minimum Gasteiger partial charge on any atom is -0.396 e. The molecule has 2 amide bonds. The molecule has 0 aliphatic heterocycles. The maximum atomic E-state index is 12.3. The molecule has 0 unspecified atom stereocenters. The predicted octanol–water partition coefficient (Wildman–Crippen LogP) is 3.28. The number of amides is 2. The molecule has 0 saturated carbocycles. The molecule has 0 atom stereocenters. The summed E-state index contributed by atoms with van der Waals surface area (Å²) in [7, 11) is 0. The maximum absolute atomic E-state index is 12.3. The van der Waals surface area contributed by atoms with Gasteiger partial charge >= 0.3 is 6.03 Å². The fourth-order valence-corrected chi connectivity index (χ4v) is 2.24. The molecule has 0 saturated heterocycles. The van der Waals surface area contributed by atoms with Crippen LogP contribution in [0.1, 0.15) is 32.8 Å². The summed E-state index contributed by atoms with van der Waals surface area (Å²) >= 11 is 5.93. The molecule has 0 aromatic heterocycles. The molecule has 0 bridgehead atoms. The highest BCUT2D eigenvalue weighted by Crippen LogP contribution is 2.16. The average Bonchev–Trinajstić information content (AvgIpc) is 2.39. The number of nitrogens with zero attached hydrogens (tertiary/aromatic N) is 1. The van der Waals surface area contributed by atoms with Crippen molar-refractivity contribution in [1.29, 1.82) is 0 Å². The number of rotatable bonds is 6. The quantitative estimate of drug-likeness (QED) is 0.847. The Hall–Kier alpha value is -1.26. The zero-order valence-electron chi connectivity index (χ0n) is 13.0. The van der Waals surface area contributed by atoms with E-state index >= 15 is 0 Å². The average molecular weight is 313 g/mol. The molecule has 0 radical (unpaired) electrons. The third-order valence-electron chi connectivity index (χ3n) is 2.87. The molecule has 0 fully saturated rings. The van der Waals surface area contributed by atoms with Crippen LogP contribution >= 0.6 is 11.6 Å². The second-order valence-electron chi connectivity index (χ2n) is 6.35. The molecule has 1 aromatic rings. The van der Waals surface area contributed by atoms with Crippen molar-refractivity contribution in [1.82, 2.24) is 10.2 Å². The fraction of sp³-hybridized carbons (Fsp3) is 0.562. The molecule has 4 nitrogen and oxygen atoms in total. The normalized spacial score (nSPS) is 11.3. The fourth-order valence-electron chi connectivity index (χ4n) is 2.02. The van der Waals surface area contributed by atoms with E-state index in [2.05, 4.69) is 26.1 Å². The minimum absolute atomic E-state index is 0.0167. The molecule has 2 N–H and O–H groups in total. The molecule has 1 aromatic carbocycles. The van der Waals surface area contributed by atoms with E-state index in [0.717, 1.165) is 5.56 Å². The van der Waals surface area contributed by atoms with E-state index in [1.807, 2.05) is 18.2 Å². The molecule has 0 aliphatic rings. The van der Waals surface area contributed by atoms with Crippen LogP contribution in [0.15, 0.2) is 24.3 Å². The van der Waals surface area contributed by atoms with Crippen LogP contribution in [0, 0.1) is 5.41 Å². The Morgan fingerprint density at radius 2 is 2.10 bits per heavy atom. The van der Waals surface area contributed by atoms with E-state index in [1.165, 1.54) is 0 Å². The zero-order chi connectivity index (χ0) is 15.9. The van der Waals surface area contributed by atoms with Crippen molar-refractivity contribution < 1.29 is 9.90 Å². The lowest BCUT2D eigenvalue weighted by Crippen LogP contribution is -2.44. The Morgan fingerprint density at radius 3 is 2.67 bits per heavy atom. The van der Waals surface area contributed by atoms with Crippen molar-refractivity contribution >= 4 is 17.6 Å². The van der Waals surface area contributed by atoms with Crippen LogP contribution in [0.25, 0.3) is 0 Å². The minimum atomic E-state index is -0.113. The smallest absolute Gasteiger partial charge is 0.317 e. The Labute approximate surface area is 132 Å². The van der Waals surface area contributed by atoms with Gasteiger partial charge in [-0.05, 0) is 29.5 Å². The predicted molar refractivity (Wildman–Crippen MR) is 86.4 cm³/mol. The highest BCUT2D eigenvalue weighted by molar-refractivity contribution is 6.30. The number of hydrogen-bond donors (Lipinski definition) is 2. The molecule has 0 heterocycles. The third-order valence-corrected chi connectivity index (χ3v) is 3.11. The summed E-state index contributed by atoms with van der Waals surface area (Å²) < 4.78 is 0. The molecular weight excluding hydrogens is 288 g/mol. The Balaban J connectivity index is 2.59. The lowest BCUT2D eigenvalue weighted by molar-refractivity contribution is 0.164. The number of aliphatic hydroxyl groups excluding tert-OH is 1. The van der Waals surface area contributed by atoms with E-state index in [0.29, 0.717) is 31.1 Å². The molecule has 118 valence electrons. The Kier molecular flexibility index (Phi) is 6.99. The third kappa shape index (κ3) is 7.34. The van der Waals surface area contributed by atoms with Gasteiger partial charge in [0.2, 0.25) is 0 Å². The molecule has 0 aliphatic carbocycles.